The maximum Gasteiger partial charge on any atom is 0.0658 e. The highest BCUT2D eigenvalue weighted by Crippen LogP contribution is 2.28. The molecule has 1 heteroatoms. The van der Waals surface area contributed by atoms with Gasteiger partial charge in [0.15, 0.2) is 0 Å². The van der Waals surface area contributed by atoms with Crippen molar-refractivity contribution in [2.24, 2.45) is 11.8 Å². The van der Waals surface area contributed by atoms with Crippen LogP contribution in [0.2, 0.25) is 0 Å². The van der Waals surface area contributed by atoms with Crippen LogP contribution in [-0.2, 0) is 0 Å². The molecule has 1 nitrogen and oxygen atoms in total. The molecule has 0 radical (unpaired) electrons. The minimum absolute atomic E-state index is 0.360. The van der Waals surface area contributed by atoms with Crippen molar-refractivity contribution in [2.45, 2.75) is 46.5 Å². The van der Waals surface area contributed by atoms with Crippen molar-refractivity contribution in [2.75, 3.05) is 0 Å². The lowest BCUT2D eigenvalue weighted by molar-refractivity contribution is 0.313. The molecule has 64 valence electrons. The van der Waals surface area contributed by atoms with Crippen LogP contribution in [0.15, 0.2) is 0 Å². The SMILES string of the molecule is CC.CC1CCCC[C@H]1C#N. The van der Waals surface area contributed by atoms with Gasteiger partial charge in [-0.15, -0.1) is 0 Å². The van der Waals surface area contributed by atoms with Crippen LogP contribution in [0, 0.1) is 23.2 Å². The van der Waals surface area contributed by atoms with Crippen molar-refractivity contribution in [3.63, 3.8) is 0 Å². The van der Waals surface area contributed by atoms with Gasteiger partial charge in [0.1, 0.15) is 0 Å². The fraction of sp³-hybridized carbons (Fsp3) is 0.900. The van der Waals surface area contributed by atoms with Crippen LogP contribution in [0.25, 0.3) is 0 Å². The Morgan fingerprint density at radius 2 is 1.73 bits per heavy atom. The van der Waals surface area contributed by atoms with E-state index in [9.17, 15) is 0 Å². The summed E-state index contributed by atoms with van der Waals surface area (Å²) < 4.78 is 0. The average molecular weight is 153 g/mol. The van der Waals surface area contributed by atoms with Gasteiger partial charge in [-0.3, -0.25) is 0 Å². The van der Waals surface area contributed by atoms with E-state index in [-0.39, 0.29) is 0 Å². The number of hydrogen-bond donors (Lipinski definition) is 0. The van der Waals surface area contributed by atoms with Crippen molar-refractivity contribution < 1.29 is 0 Å². The number of hydrogen-bond acceptors (Lipinski definition) is 1. The molecule has 1 unspecified atom stereocenters. The summed E-state index contributed by atoms with van der Waals surface area (Å²) in [5, 5.41) is 8.61. The predicted molar refractivity (Wildman–Crippen MR) is 48.1 cm³/mol. The zero-order valence-corrected chi connectivity index (χ0v) is 7.93. The molecular formula is C10H19N. The van der Waals surface area contributed by atoms with Crippen LogP contribution < -0.4 is 0 Å². The van der Waals surface area contributed by atoms with E-state index in [2.05, 4.69) is 13.0 Å². The maximum atomic E-state index is 8.61. The third kappa shape index (κ3) is 3.41. The molecule has 1 rings (SSSR count). The van der Waals surface area contributed by atoms with E-state index in [1.165, 1.54) is 19.3 Å². The summed E-state index contributed by atoms with van der Waals surface area (Å²) in [7, 11) is 0. The van der Waals surface area contributed by atoms with Crippen LogP contribution in [0.1, 0.15) is 46.5 Å². The average Bonchev–Trinajstić information content (AvgIpc) is 2.09. The van der Waals surface area contributed by atoms with Gasteiger partial charge in [0.05, 0.1) is 6.07 Å². The monoisotopic (exact) mass is 153 g/mol. The zero-order valence-electron chi connectivity index (χ0n) is 7.93. The first-order valence-corrected chi connectivity index (χ1v) is 4.74. The van der Waals surface area contributed by atoms with Crippen LogP contribution >= 0.6 is 0 Å². The molecule has 0 aromatic heterocycles. The Morgan fingerprint density at radius 1 is 1.18 bits per heavy atom. The molecule has 1 aliphatic rings. The van der Waals surface area contributed by atoms with Crippen molar-refractivity contribution in [3.8, 4) is 6.07 Å². The Morgan fingerprint density at radius 3 is 2.09 bits per heavy atom. The van der Waals surface area contributed by atoms with E-state index >= 15 is 0 Å². The fourth-order valence-corrected chi connectivity index (χ4v) is 1.51. The molecule has 0 amide bonds. The van der Waals surface area contributed by atoms with Gasteiger partial charge < -0.3 is 0 Å². The highest BCUT2D eigenvalue weighted by atomic mass is 14.3. The lowest BCUT2D eigenvalue weighted by atomic mass is 9.81. The molecule has 0 aromatic carbocycles. The van der Waals surface area contributed by atoms with Crippen LogP contribution in [0.4, 0.5) is 0 Å². The van der Waals surface area contributed by atoms with Gasteiger partial charge in [0.25, 0.3) is 0 Å². The smallest absolute Gasteiger partial charge is 0.0658 e. The van der Waals surface area contributed by atoms with Gasteiger partial charge in [-0.05, 0) is 18.8 Å². The van der Waals surface area contributed by atoms with E-state index in [4.69, 9.17) is 5.26 Å². The molecule has 0 bridgehead atoms. The lowest BCUT2D eigenvalue weighted by Crippen LogP contribution is -2.14. The minimum Gasteiger partial charge on any atom is -0.198 e. The summed E-state index contributed by atoms with van der Waals surface area (Å²) in [6.07, 6.45) is 5.00. The molecule has 1 aliphatic carbocycles. The minimum atomic E-state index is 0.360. The Kier molecular flexibility index (Phi) is 5.93. The van der Waals surface area contributed by atoms with Crippen molar-refractivity contribution in [1.29, 1.82) is 5.26 Å². The van der Waals surface area contributed by atoms with Gasteiger partial charge in [0, 0.05) is 5.92 Å². The van der Waals surface area contributed by atoms with E-state index < -0.39 is 0 Å². The summed E-state index contributed by atoms with van der Waals surface area (Å²) in [4.78, 5) is 0. The molecule has 0 N–H and O–H groups in total. The van der Waals surface area contributed by atoms with E-state index in [0.29, 0.717) is 11.8 Å². The first-order chi connectivity index (χ1) is 5.34. The van der Waals surface area contributed by atoms with Gasteiger partial charge >= 0.3 is 0 Å². The molecule has 0 heterocycles. The second-order valence-corrected chi connectivity index (χ2v) is 3.00. The summed E-state index contributed by atoms with van der Waals surface area (Å²) in [5.41, 5.74) is 0. The second-order valence-electron chi connectivity index (χ2n) is 3.00. The number of nitriles is 1. The summed E-state index contributed by atoms with van der Waals surface area (Å²) >= 11 is 0. The molecule has 2 atom stereocenters. The predicted octanol–water partition coefficient (Wildman–Crippen LogP) is 3.36. The van der Waals surface area contributed by atoms with Crippen molar-refractivity contribution in [1.82, 2.24) is 0 Å². The summed E-state index contributed by atoms with van der Waals surface area (Å²) in [6.45, 7) is 6.19. The Hall–Kier alpha value is -0.510. The van der Waals surface area contributed by atoms with Gasteiger partial charge in [-0.25, -0.2) is 0 Å². The van der Waals surface area contributed by atoms with Gasteiger partial charge in [-0.1, -0.05) is 33.6 Å². The normalized spacial score (nSPS) is 29.6. The molecule has 0 aromatic rings. The van der Waals surface area contributed by atoms with E-state index in [1.807, 2.05) is 13.8 Å². The third-order valence-electron chi connectivity index (χ3n) is 2.28. The maximum absolute atomic E-state index is 8.61. The fourth-order valence-electron chi connectivity index (χ4n) is 1.51. The highest BCUT2D eigenvalue weighted by Gasteiger charge is 2.19. The van der Waals surface area contributed by atoms with E-state index in [0.717, 1.165) is 6.42 Å². The largest absolute Gasteiger partial charge is 0.198 e. The Balaban J connectivity index is 0.000000461. The lowest BCUT2D eigenvalue weighted by Gasteiger charge is -2.22. The van der Waals surface area contributed by atoms with E-state index in [1.54, 1.807) is 0 Å². The molecule has 1 saturated carbocycles. The molecular weight excluding hydrogens is 134 g/mol. The van der Waals surface area contributed by atoms with Crippen molar-refractivity contribution >= 4 is 0 Å². The molecule has 1 fully saturated rings. The summed E-state index contributed by atoms with van der Waals surface area (Å²) in [6, 6.07) is 2.35. The highest BCUT2D eigenvalue weighted by molar-refractivity contribution is 4.88. The quantitative estimate of drug-likeness (QED) is 0.523. The molecule has 0 aliphatic heterocycles. The zero-order chi connectivity index (χ0) is 8.69. The summed E-state index contributed by atoms with van der Waals surface area (Å²) in [5.74, 6) is 1.02. The number of rotatable bonds is 0. The Bertz CT molecular complexity index is 123. The van der Waals surface area contributed by atoms with Crippen molar-refractivity contribution in [3.05, 3.63) is 0 Å². The first-order valence-electron chi connectivity index (χ1n) is 4.74. The standard InChI is InChI=1S/C8H13N.C2H6/c1-7-4-2-3-5-8(7)6-9;1-2/h7-8H,2-5H2,1H3;1-2H3/t7?,8-;/m0./s1. The van der Waals surface area contributed by atoms with Gasteiger partial charge in [0.2, 0.25) is 0 Å². The van der Waals surface area contributed by atoms with Crippen LogP contribution in [-0.4, -0.2) is 0 Å². The second kappa shape index (κ2) is 6.22. The number of nitrogens with zero attached hydrogens (tertiary/aromatic N) is 1. The molecule has 0 saturated heterocycles. The first kappa shape index (κ1) is 10.5. The third-order valence-corrected chi connectivity index (χ3v) is 2.28. The Labute approximate surface area is 70.4 Å². The van der Waals surface area contributed by atoms with Crippen LogP contribution in [0.5, 0.6) is 0 Å². The van der Waals surface area contributed by atoms with Crippen LogP contribution in [0.3, 0.4) is 0 Å². The topological polar surface area (TPSA) is 23.8 Å². The van der Waals surface area contributed by atoms with Gasteiger partial charge in [-0.2, -0.15) is 5.26 Å². The molecule has 11 heavy (non-hydrogen) atoms. The molecule has 0 spiro atoms.